The highest BCUT2D eigenvalue weighted by molar-refractivity contribution is 6.14. The number of likely N-dealkylation sites (N-methyl/N-ethyl adjacent to an activating group) is 1. The number of carbonyl (C=O) groups is 2. The second kappa shape index (κ2) is 9.87. The maximum atomic E-state index is 15.0. The normalized spacial score (nSPS) is 31.4. The van der Waals surface area contributed by atoms with Crippen LogP contribution in [-0.4, -0.2) is 86.5 Å². The Balaban J connectivity index is 1.33. The quantitative estimate of drug-likeness (QED) is 0.323. The van der Waals surface area contributed by atoms with E-state index in [2.05, 4.69) is 4.90 Å². The largest absolute Gasteiger partial charge is 0.510 e. The van der Waals surface area contributed by atoms with Crippen molar-refractivity contribution >= 4 is 17.4 Å². The number of hydrogen-bond acceptors (Lipinski definition) is 9. The van der Waals surface area contributed by atoms with Crippen LogP contribution in [0.1, 0.15) is 42.4 Å². The molecular weight excluding hydrogens is 569 g/mol. The van der Waals surface area contributed by atoms with Gasteiger partial charge in [-0.2, -0.15) is 0 Å². The molecule has 2 aliphatic heterocycles. The Hall–Kier alpha value is -3.77. The van der Waals surface area contributed by atoms with Crippen molar-refractivity contribution < 1.29 is 39.1 Å². The number of ketones is 1. The number of benzene rings is 2. The molecule has 0 bridgehead atoms. The predicted octanol–water partition coefficient (Wildman–Crippen LogP) is 2.91. The van der Waals surface area contributed by atoms with Crippen LogP contribution in [0.15, 0.2) is 47.2 Å². The summed E-state index contributed by atoms with van der Waals surface area (Å²) in [4.78, 5) is 30.5. The van der Waals surface area contributed by atoms with Gasteiger partial charge in [-0.25, -0.2) is 4.39 Å². The standard InChI is InChI=1S/C33H36FN3O7/c1-36(2)27-21-14-17-13-20-19(16-6-8-22(34)18(12-16)15-37-10-4-3-5-11-37)7-9-23(38)25(20)28(39)24(17)30(41)32(21)33(43,44-32)26(29(27)40)31(35)42/h6-9,12,17,21,27,38-40,43H,3-5,10-11,13-15H2,1-2H3,(H2,35,42)/t17-,21-,27-,32-,33?/m0/s1. The Labute approximate surface area is 253 Å². The van der Waals surface area contributed by atoms with Gasteiger partial charge in [-0.1, -0.05) is 18.6 Å². The molecule has 2 aromatic carbocycles. The van der Waals surface area contributed by atoms with Gasteiger partial charge >= 0.3 is 0 Å². The molecule has 1 amide bonds. The van der Waals surface area contributed by atoms with Crippen molar-refractivity contribution in [3.63, 3.8) is 0 Å². The van der Waals surface area contributed by atoms with Gasteiger partial charge < -0.3 is 30.9 Å². The summed E-state index contributed by atoms with van der Waals surface area (Å²) < 4.78 is 20.7. The molecule has 6 N–H and O–H groups in total. The average Bonchev–Trinajstić information content (AvgIpc) is 3.60. The van der Waals surface area contributed by atoms with Crippen LogP contribution in [-0.2, 0) is 27.3 Å². The lowest BCUT2D eigenvalue weighted by atomic mass is 9.58. The van der Waals surface area contributed by atoms with Crippen LogP contribution in [0.5, 0.6) is 5.75 Å². The van der Waals surface area contributed by atoms with Gasteiger partial charge in [0.2, 0.25) is 11.6 Å². The SMILES string of the molecule is CN(C)[C@@H]1C(O)=C(C(N)=O)C2(O)O[C@@]23C(=O)C2=C(O)c4c(O)ccc(-c5ccc(F)c(CN6CCCCC6)c5)c4C[C@H]2C[C@@H]13. The lowest BCUT2D eigenvalue weighted by Crippen LogP contribution is -2.60. The minimum Gasteiger partial charge on any atom is -0.510 e. The van der Waals surface area contributed by atoms with E-state index in [1.807, 2.05) is 6.07 Å². The van der Waals surface area contributed by atoms with E-state index in [9.17, 15) is 34.4 Å². The lowest BCUT2D eigenvalue weighted by Gasteiger charge is -2.46. The molecule has 2 heterocycles. The van der Waals surface area contributed by atoms with Crippen LogP contribution in [0.4, 0.5) is 4.39 Å². The first-order chi connectivity index (χ1) is 20.9. The van der Waals surface area contributed by atoms with E-state index in [0.29, 0.717) is 23.2 Å². The molecule has 1 unspecified atom stereocenters. The summed E-state index contributed by atoms with van der Waals surface area (Å²) in [5, 5.41) is 45.1. The van der Waals surface area contributed by atoms with E-state index in [4.69, 9.17) is 10.5 Å². The number of carbonyl (C=O) groups excluding carboxylic acids is 2. The molecule has 5 atom stereocenters. The summed E-state index contributed by atoms with van der Waals surface area (Å²) in [7, 11) is 3.35. The predicted molar refractivity (Wildman–Crippen MR) is 158 cm³/mol. The summed E-state index contributed by atoms with van der Waals surface area (Å²) >= 11 is 0. The molecule has 3 aliphatic carbocycles. The third-order valence-corrected chi connectivity index (χ3v) is 10.3. The van der Waals surface area contributed by atoms with Gasteiger partial charge in [0.25, 0.3) is 5.91 Å². The third-order valence-electron chi connectivity index (χ3n) is 10.3. The fourth-order valence-electron chi connectivity index (χ4n) is 8.35. The van der Waals surface area contributed by atoms with Gasteiger partial charge in [-0.05, 0) is 93.7 Å². The number of phenols is 1. The van der Waals surface area contributed by atoms with Crippen molar-refractivity contribution in [1.82, 2.24) is 9.80 Å². The number of hydrogen-bond donors (Lipinski definition) is 5. The Morgan fingerprint density at radius 3 is 2.55 bits per heavy atom. The molecular formula is C33H36FN3O7. The van der Waals surface area contributed by atoms with Crippen LogP contribution in [0.3, 0.4) is 0 Å². The second-order valence-corrected chi connectivity index (χ2v) is 13.0. The van der Waals surface area contributed by atoms with Crippen LogP contribution >= 0.6 is 0 Å². The van der Waals surface area contributed by atoms with Crippen LogP contribution in [0, 0.1) is 17.7 Å². The minimum atomic E-state index is -2.43. The van der Waals surface area contributed by atoms with Crippen molar-refractivity contribution in [2.45, 2.75) is 56.1 Å². The smallest absolute Gasteiger partial charge is 0.253 e. The van der Waals surface area contributed by atoms with Crippen LogP contribution in [0.2, 0.25) is 0 Å². The number of aliphatic hydroxyl groups is 3. The highest BCUT2D eigenvalue weighted by atomic mass is 19.1. The molecule has 2 saturated heterocycles. The number of phenolic OH excluding ortho intramolecular Hbond substituents is 1. The Kier molecular flexibility index (Phi) is 6.50. The maximum Gasteiger partial charge on any atom is 0.253 e. The number of piperidine rings is 1. The van der Waals surface area contributed by atoms with E-state index in [-0.39, 0.29) is 35.5 Å². The lowest BCUT2D eigenvalue weighted by molar-refractivity contribution is -0.127. The topological polar surface area (TPSA) is 160 Å². The zero-order chi connectivity index (χ0) is 31.3. The molecule has 0 radical (unpaired) electrons. The number of nitrogens with zero attached hydrogens (tertiary/aromatic N) is 2. The first kappa shape index (κ1) is 29.0. The zero-order valence-electron chi connectivity index (χ0n) is 24.6. The van der Waals surface area contributed by atoms with E-state index < -0.39 is 58.0 Å². The number of nitrogens with two attached hydrogens (primary N) is 1. The van der Waals surface area contributed by atoms with Crippen LogP contribution < -0.4 is 5.73 Å². The third kappa shape index (κ3) is 3.86. The number of ether oxygens (including phenoxy) is 1. The summed E-state index contributed by atoms with van der Waals surface area (Å²) in [6.45, 7) is 2.31. The van der Waals surface area contributed by atoms with Crippen molar-refractivity contribution in [2.24, 2.45) is 17.6 Å². The van der Waals surface area contributed by atoms with Crippen molar-refractivity contribution in [3.8, 4) is 16.9 Å². The van der Waals surface area contributed by atoms with Gasteiger partial charge in [0.05, 0.1) is 11.6 Å². The van der Waals surface area contributed by atoms with Gasteiger partial charge in [0.1, 0.15) is 28.7 Å². The second-order valence-electron chi connectivity index (χ2n) is 13.0. The summed E-state index contributed by atoms with van der Waals surface area (Å²) in [5.41, 5.74) is 5.70. The number of rotatable bonds is 5. The molecule has 3 fully saturated rings. The van der Waals surface area contributed by atoms with Crippen molar-refractivity contribution in [1.29, 1.82) is 0 Å². The Morgan fingerprint density at radius 1 is 1.14 bits per heavy atom. The minimum absolute atomic E-state index is 0.00950. The number of primary amides is 1. The average molecular weight is 606 g/mol. The monoisotopic (exact) mass is 605 g/mol. The molecule has 10 nitrogen and oxygen atoms in total. The molecule has 0 aromatic heterocycles. The number of aromatic hydroxyl groups is 1. The molecule has 232 valence electrons. The van der Waals surface area contributed by atoms with E-state index in [1.54, 1.807) is 31.1 Å². The van der Waals surface area contributed by atoms with E-state index >= 15 is 0 Å². The number of amides is 1. The summed E-state index contributed by atoms with van der Waals surface area (Å²) in [6, 6.07) is 7.22. The van der Waals surface area contributed by atoms with E-state index in [1.165, 1.54) is 18.6 Å². The Bertz CT molecular complexity index is 1680. The van der Waals surface area contributed by atoms with Crippen LogP contribution in [0.25, 0.3) is 16.9 Å². The van der Waals surface area contributed by atoms with Gasteiger partial charge in [0.15, 0.2) is 5.60 Å². The maximum absolute atomic E-state index is 15.0. The molecule has 11 heteroatoms. The highest BCUT2D eigenvalue weighted by Crippen LogP contribution is 2.67. The number of epoxide rings is 1. The number of fused-ring (bicyclic) bond motifs is 2. The summed E-state index contributed by atoms with van der Waals surface area (Å²) in [6.07, 6.45) is 3.80. The molecule has 1 saturated carbocycles. The number of aliphatic hydroxyl groups excluding tert-OH is 2. The molecule has 2 aromatic rings. The van der Waals surface area contributed by atoms with E-state index in [0.717, 1.165) is 31.5 Å². The van der Waals surface area contributed by atoms with Gasteiger partial charge in [0, 0.05) is 23.6 Å². The zero-order valence-corrected chi connectivity index (χ0v) is 24.6. The van der Waals surface area contributed by atoms with Gasteiger partial charge in [-0.15, -0.1) is 0 Å². The molecule has 7 rings (SSSR count). The first-order valence-electron chi connectivity index (χ1n) is 15.1. The highest BCUT2D eigenvalue weighted by Gasteiger charge is 2.85. The molecule has 44 heavy (non-hydrogen) atoms. The van der Waals surface area contributed by atoms with Gasteiger partial charge in [-0.3, -0.25) is 19.4 Å². The Morgan fingerprint density at radius 2 is 1.86 bits per heavy atom. The number of halogens is 1. The molecule has 1 spiro atoms. The number of Topliss-reactive ketones (excluding diaryl/α,β-unsaturated/α-hetero) is 1. The van der Waals surface area contributed by atoms with Crippen molar-refractivity contribution in [2.75, 3.05) is 27.2 Å². The fraction of sp³-hybridized carbons (Fsp3) is 0.455. The molecule has 5 aliphatic rings. The van der Waals surface area contributed by atoms with Crippen molar-refractivity contribution in [3.05, 3.63) is 69.7 Å². The fourth-order valence-corrected chi connectivity index (χ4v) is 8.35. The number of likely N-dealkylation sites (tertiary alicyclic amines) is 1. The first-order valence-corrected chi connectivity index (χ1v) is 15.1. The summed E-state index contributed by atoms with van der Waals surface area (Å²) in [5.74, 6) is -6.99.